The highest BCUT2D eigenvalue weighted by Crippen LogP contribution is 2.29. The van der Waals surface area contributed by atoms with Crippen molar-refractivity contribution in [2.24, 2.45) is 5.92 Å². The summed E-state index contributed by atoms with van der Waals surface area (Å²) in [6, 6.07) is 12.0. The Morgan fingerprint density at radius 2 is 1.78 bits per heavy atom. The van der Waals surface area contributed by atoms with Crippen LogP contribution in [0.25, 0.3) is 10.8 Å². The molecule has 0 heterocycles. The molecule has 0 aliphatic heterocycles. The second kappa shape index (κ2) is 5.76. The molecule has 2 aromatic carbocycles. The van der Waals surface area contributed by atoms with E-state index >= 15 is 0 Å². The predicted molar refractivity (Wildman–Crippen MR) is 77.9 cm³/mol. The maximum absolute atomic E-state index is 5.96. The number of benzene rings is 2. The number of nitrogen functional groups attached to an aromatic ring is 1. The van der Waals surface area contributed by atoms with E-state index in [-0.39, 0.29) is 0 Å². The summed E-state index contributed by atoms with van der Waals surface area (Å²) in [5, 5.41) is 2.17. The standard InChI is InChI=1S/C16H21NO/c1-12(2)6-5-11-18-16-10-9-15(17)13-7-3-4-8-14(13)16/h3-4,7-10,12H,5-6,11,17H2,1-2H3. The van der Waals surface area contributed by atoms with Gasteiger partial charge in [-0.05, 0) is 30.9 Å². The zero-order valence-corrected chi connectivity index (χ0v) is 11.1. The zero-order valence-electron chi connectivity index (χ0n) is 11.1. The van der Waals surface area contributed by atoms with Crippen LogP contribution in [0.3, 0.4) is 0 Å². The van der Waals surface area contributed by atoms with Crippen LogP contribution in [-0.4, -0.2) is 6.61 Å². The molecule has 0 bridgehead atoms. The lowest BCUT2D eigenvalue weighted by molar-refractivity contribution is 0.301. The molecule has 2 rings (SSSR count). The van der Waals surface area contributed by atoms with Crippen LogP contribution < -0.4 is 10.5 Å². The van der Waals surface area contributed by atoms with E-state index in [2.05, 4.69) is 19.9 Å². The predicted octanol–water partition coefficient (Wildman–Crippen LogP) is 4.24. The molecular formula is C16H21NO. The molecule has 2 aromatic rings. The van der Waals surface area contributed by atoms with Crippen LogP contribution in [0.1, 0.15) is 26.7 Å². The minimum atomic E-state index is 0.733. The van der Waals surface area contributed by atoms with E-state index in [0.29, 0.717) is 0 Å². The van der Waals surface area contributed by atoms with Gasteiger partial charge in [0.15, 0.2) is 0 Å². The van der Waals surface area contributed by atoms with Gasteiger partial charge in [0.25, 0.3) is 0 Å². The van der Waals surface area contributed by atoms with Crippen LogP contribution in [0.2, 0.25) is 0 Å². The van der Waals surface area contributed by atoms with Crippen LogP contribution >= 0.6 is 0 Å². The molecule has 0 aromatic heterocycles. The van der Waals surface area contributed by atoms with Gasteiger partial charge in [-0.15, -0.1) is 0 Å². The third-order valence-electron chi connectivity index (χ3n) is 3.10. The zero-order chi connectivity index (χ0) is 13.0. The first-order valence-electron chi connectivity index (χ1n) is 6.58. The van der Waals surface area contributed by atoms with Gasteiger partial charge in [0.1, 0.15) is 5.75 Å². The number of ether oxygens (including phenoxy) is 1. The van der Waals surface area contributed by atoms with Gasteiger partial charge < -0.3 is 10.5 Å². The van der Waals surface area contributed by atoms with Crippen molar-refractivity contribution >= 4 is 16.5 Å². The number of nitrogens with two attached hydrogens (primary N) is 1. The fourth-order valence-electron chi connectivity index (χ4n) is 2.09. The van der Waals surface area contributed by atoms with Crippen LogP contribution in [-0.2, 0) is 0 Å². The Morgan fingerprint density at radius 1 is 1.06 bits per heavy atom. The first-order chi connectivity index (χ1) is 8.68. The van der Waals surface area contributed by atoms with Gasteiger partial charge in [-0.25, -0.2) is 0 Å². The Labute approximate surface area is 109 Å². The molecule has 18 heavy (non-hydrogen) atoms. The molecule has 2 N–H and O–H groups in total. The maximum atomic E-state index is 5.96. The van der Waals surface area contributed by atoms with Gasteiger partial charge in [-0.3, -0.25) is 0 Å². The molecule has 0 fully saturated rings. The molecule has 0 spiro atoms. The molecule has 2 nitrogen and oxygen atoms in total. The van der Waals surface area contributed by atoms with Gasteiger partial charge >= 0.3 is 0 Å². The summed E-state index contributed by atoms with van der Waals surface area (Å²) in [4.78, 5) is 0. The molecular weight excluding hydrogens is 222 g/mol. The largest absolute Gasteiger partial charge is 0.493 e. The molecule has 0 saturated heterocycles. The fourth-order valence-corrected chi connectivity index (χ4v) is 2.09. The minimum Gasteiger partial charge on any atom is -0.493 e. The van der Waals surface area contributed by atoms with Crippen molar-refractivity contribution in [1.29, 1.82) is 0 Å². The van der Waals surface area contributed by atoms with E-state index in [1.54, 1.807) is 0 Å². The summed E-state index contributed by atoms with van der Waals surface area (Å²) in [5.74, 6) is 1.67. The number of rotatable bonds is 5. The first kappa shape index (κ1) is 12.7. The molecule has 0 saturated carbocycles. The van der Waals surface area contributed by atoms with Crippen molar-refractivity contribution in [1.82, 2.24) is 0 Å². The maximum Gasteiger partial charge on any atom is 0.127 e. The van der Waals surface area contributed by atoms with E-state index in [9.17, 15) is 0 Å². The number of fused-ring (bicyclic) bond motifs is 1. The smallest absolute Gasteiger partial charge is 0.127 e. The summed E-state index contributed by atoms with van der Waals surface area (Å²) in [7, 11) is 0. The van der Waals surface area contributed by atoms with Gasteiger partial charge in [0, 0.05) is 16.5 Å². The van der Waals surface area contributed by atoms with Gasteiger partial charge in [0.2, 0.25) is 0 Å². The van der Waals surface area contributed by atoms with Crippen molar-refractivity contribution in [2.75, 3.05) is 12.3 Å². The molecule has 2 heteroatoms. The van der Waals surface area contributed by atoms with Crippen LogP contribution in [0, 0.1) is 5.92 Å². The Balaban J connectivity index is 2.11. The molecule has 0 amide bonds. The minimum absolute atomic E-state index is 0.733. The normalized spacial score (nSPS) is 11.1. The van der Waals surface area contributed by atoms with Gasteiger partial charge in [-0.2, -0.15) is 0 Å². The van der Waals surface area contributed by atoms with Crippen LogP contribution in [0.5, 0.6) is 5.75 Å². The van der Waals surface area contributed by atoms with E-state index in [0.717, 1.165) is 41.2 Å². The fraction of sp³-hybridized carbons (Fsp3) is 0.375. The van der Waals surface area contributed by atoms with Crippen molar-refractivity contribution in [3.8, 4) is 5.75 Å². The van der Waals surface area contributed by atoms with Crippen molar-refractivity contribution in [3.05, 3.63) is 36.4 Å². The van der Waals surface area contributed by atoms with E-state index in [1.165, 1.54) is 6.42 Å². The third-order valence-corrected chi connectivity index (χ3v) is 3.10. The highest BCUT2D eigenvalue weighted by molar-refractivity contribution is 5.96. The number of hydrogen-bond acceptors (Lipinski definition) is 2. The molecule has 0 atom stereocenters. The summed E-state index contributed by atoms with van der Waals surface area (Å²) in [5.41, 5.74) is 6.77. The Kier molecular flexibility index (Phi) is 4.08. The SMILES string of the molecule is CC(C)CCCOc1ccc(N)c2ccccc12. The molecule has 96 valence electrons. The highest BCUT2D eigenvalue weighted by Gasteiger charge is 2.04. The van der Waals surface area contributed by atoms with Gasteiger partial charge in [-0.1, -0.05) is 38.1 Å². The number of hydrogen-bond donors (Lipinski definition) is 1. The molecule has 0 radical (unpaired) electrons. The quantitative estimate of drug-likeness (QED) is 0.629. The Morgan fingerprint density at radius 3 is 2.50 bits per heavy atom. The van der Waals surface area contributed by atoms with Crippen LogP contribution in [0.15, 0.2) is 36.4 Å². The second-order valence-corrected chi connectivity index (χ2v) is 5.08. The monoisotopic (exact) mass is 243 g/mol. The topological polar surface area (TPSA) is 35.2 Å². The molecule has 0 aliphatic carbocycles. The van der Waals surface area contributed by atoms with E-state index < -0.39 is 0 Å². The number of anilines is 1. The van der Waals surface area contributed by atoms with Crippen molar-refractivity contribution < 1.29 is 4.74 Å². The Bertz CT molecular complexity index is 519. The lowest BCUT2D eigenvalue weighted by Crippen LogP contribution is -2.00. The van der Waals surface area contributed by atoms with Crippen molar-refractivity contribution in [2.45, 2.75) is 26.7 Å². The van der Waals surface area contributed by atoms with Gasteiger partial charge in [0.05, 0.1) is 6.61 Å². The Hall–Kier alpha value is -1.70. The summed E-state index contributed by atoms with van der Waals surface area (Å²) >= 11 is 0. The second-order valence-electron chi connectivity index (χ2n) is 5.08. The lowest BCUT2D eigenvalue weighted by Gasteiger charge is -2.11. The summed E-state index contributed by atoms with van der Waals surface area (Å²) in [6.45, 7) is 5.24. The molecule has 0 unspecified atom stereocenters. The summed E-state index contributed by atoms with van der Waals surface area (Å²) < 4.78 is 5.87. The average molecular weight is 243 g/mol. The van der Waals surface area contributed by atoms with E-state index in [4.69, 9.17) is 10.5 Å². The van der Waals surface area contributed by atoms with Crippen molar-refractivity contribution in [3.63, 3.8) is 0 Å². The molecule has 0 aliphatic rings. The first-order valence-corrected chi connectivity index (χ1v) is 6.58. The third kappa shape index (κ3) is 2.95. The van der Waals surface area contributed by atoms with Crippen LogP contribution in [0.4, 0.5) is 5.69 Å². The van der Waals surface area contributed by atoms with E-state index in [1.807, 2.05) is 30.3 Å². The summed E-state index contributed by atoms with van der Waals surface area (Å²) in [6.07, 6.45) is 2.29. The lowest BCUT2D eigenvalue weighted by atomic mass is 10.1. The average Bonchev–Trinajstić information content (AvgIpc) is 2.37. The highest BCUT2D eigenvalue weighted by atomic mass is 16.5.